The second-order valence-electron chi connectivity index (χ2n) is 7.62. The number of amides is 1. The molecule has 2 fully saturated rings. The maximum atomic E-state index is 13.0. The van der Waals surface area contributed by atoms with E-state index in [4.69, 9.17) is 4.74 Å². The fourth-order valence-corrected chi connectivity index (χ4v) is 4.35. The minimum Gasteiger partial charge on any atom is -0.368 e. The molecule has 3 aliphatic rings. The van der Waals surface area contributed by atoms with Crippen LogP contribution in [0.25, 0.3) is 0 Å². The Hall–Kier alpha value is -1.35. The second-order valence-corrected chi connectivity index (χ2v) is 7.62. The number of benzene rings is 1. The molecule has 2 atom stereocenters. The molecule has 3 heteroatoms. The molecule has 4 rings (SSSR count). The summed E-state index contributed by atoms with van der Waals surface area (Å²) in [5, 5.41) is 0. The fraction of sp³-hybridized carbons (Fsp3) is 0.632. The Kier molecular flexibility index (Phi) is 3.30. The van der Waals surface area contributed by atoms with Gasteiger partial charge in [0.25, 0.3) is 5.91 Å². The van der Waals surface area contributed by atoms with Gasteiger partial charge in [0.15, 0.2) is 0 Å². The van der Waals surface area contributed by atoms with Gasteiger partial charge in [0.2, 0.25) is 0 Å². The number of rotatable bonds is 2. The van der Waals surface area contributed by atoms with Crippen LogP contribution in [0, 0.1) is 11.8 Å². The van der Waals surface area contributed by atoms with Gasteiger partial charge in [-0.2, -0.15) is 0 Å². The van der Waals surface area contributed by atoms with Crippen molar-refractivity contribution in [2.45, 2.75) is 51.2 Å². The normalized spacial score (nSPS) is 29.0. The third-order valence-corrected chi connectivity index (χ3v) is 5.85. The molecule has 1 saturated carbocycles. The zero-order valence-corrected chi connectivity index (χ0v) is 13.5. The zero-order chi connectivity index (χ0) is 15.3. The van der Waals surface area contributed by atoms with E-state index in [1.54, 1.807) is 0 Å². The zero-order valence-electron chi connectivity index (χ0n) is 13.5. The maximum Gasteiger partial charge on any atom is 0.252 e. The van der Waals surface area contributed by atoms with Gasteiger partial charge in [-0.05, 0) is 42.2 Å². The Morgan fingerprint density at radius 2 is 2.09 bits per heavy atom. The molecule has 1 saturated heterocycles. The van der Waals surface area contributed by atoms with Gasteiger partial charge in [-0.25, -0.2) is 0 Å². The van der Waals surface area contributed by atoms with Gasteiger partial charge in [-0.1, -0.05) is 38.1 Å². The lowest BCUT2D eigenvalue weighted by Gasteiger charge is -2.37. The Morgan fingerprint density at radius 3 is 2.82 bits per heavy atom. The van der Waals surface area contributed by atoms with Crippen molar-refractivity contribution in [2.75, 3.05) is 13.2 Å². The fourth-order valence-electron chi connectivity index (χ4n) is 4.35. The molecule has 0 unspecified atom stereocenters. The summed E-state index contributed by atoms with van der Waals surface area (Å²) in [5.41, 5.74) is 3.06. The second kappa shape index (κ2) is 5.09. The van der Waals surface area contributed by atoms with Crippen LogP contribution in [0.2, 0.25) is 0 Å². The van der Waals surface area contributed by atoms with Gasteiger partial charge >= 0.3 is 0 Å². The molecule has 0 radical (unpaired) electrons. The van der Waals surface area contributed by atoms with E-state index in [1.165, 1.54) is 24.0 Å². The molecule has 3 nitrogen and oxygen atoms in total. The van der Waals surface area contributed by atoms with Gasteiger partial charge in [-0.3, -0.25) is 4.79 Å². The lowest BCUT2D eigenvalue weighted by atomic mass is 9.85. The number of carbonyl (C=O) groups is 1. The van der Waals surface area contributed by atoms with Crippen LogP contribution in [0.5, 0.6) is 0 Å². The van der Waals surface area contributed by atoms with E-state index in [2.05, 4.69) is 43.0 Å². The molecule has 1 aliphatic carbocycles. The SMILES string of the molecule is CC(C)[C@H]1CCO[C@H]1C(=O)N1Cc2ccccc2C2(CC2)C1. The number of hydrogen-bond donors (Lipinski definition) is 0. The van der Waals surface area contributed by atoms with Crippen molar-refractivity contribution in [2.24, 2.45) is 11.8 Å². The van der Waals surface area contributed by atoms with E-state index in [1.807, 2.05) is 0 Å². The number of nitrogens with zero attached hydrogens (tertiary/aromatic N) is 1. The van der Waals surface area contributed by atoms with Crippen molar-refractivity contribution in [1.82, 2.24) is 4.90 Å². The van der Waals surface area contributed by atoms with E-state index in [-0.39, 0.29) is 17.4 Å². The van der Waals surface area contributed by atoms with E-state index < -0.39 is 0 Å². The number of fused-ring (bicyclic) bond motifs is 2. The standard InChI is InChI=1S/C19H25NO2/c1-13(2)15-7-10-22-17(15)18(21)20-11-14-5-3-4-6-16(14)19(12-20)8-9-19/h3-6,13,15,17H,7-12H2,1-2H3/t15-,17-/m1/s1. The van der Waals surface area contributed by atoms with Crippen LogP contribution in [-0.2, 0) is 21.5 Å². The van der Waals surface area contributed by atoms with E-state index >= 15 is 0 Å². The molecule has 0 N–H and O–H groups in total. The van der Waals surface area contributed by atoms with Crippen molar-refractivity contribution in [3.05, 3.63) is 35.4 Å². The summed E-state index contributed by atoms with van der Waals surface area (Å²) in [5.74, 6) is 1.10. The first-order chi connectivity index (χ1) is 10.6. The van der Waals surface area contributed by atoms with E-state index in [0.717, 1.165) is 26.1 Å². The first-order valence-corrected chi connectivity index (χ1v) is 8.59. The largest absolute Gasteiger partial charge is 0.368 e. The summed E-state index contributed by atoms with van der Waals surface area (Å²) in [6.45, 7) is 6.77. The molecule has 1 spiro atoms. The molecular formula is C19H25NO2. The Bertz CT molecular complexity index is 591. The van der Waals surface area contributed by atoms with Crippen molar-refractivity contribution in [1.29, 1.82) is 0 Å². The van der Waals surface area contributed by atoms with Gasteiger partial charge in [0.05, 0.1) is 0 Å². The summed E-state index contributed by atoms with van der Waals surface area (Å²) in [4.78, 5) is 15.1. The predicted molar refractivity (Wildman–Crippen MR) is 85.5 cm³/mol. The number of ether oxygens (including phenoxy) is 1. The van der Waals surface area contributed by atoms with Crippen molar-refractivity contribution >= 4 is 5.91 Å². The van der Waals surface area contributed by atoms with Crippen molar-refractivity contribution in [3.8, 4) is 0 Å². The molecule has 2 heterocycles. The van der Waals surface area contributed by atoms with Crippen LogP contribution in [-0.4, -0.2) is 30.1 Å². The van der Waals surface area contributed by atoms with Crippen molar-refractivity contribution in [3.63, 3.8) is 0 Å². The topological polar surface area (TPSA) is 29.5 Å². The summed E-state index contributed by atoms with van der Waals surface area (Å²) in [6, 6.07) is 8.66. The lowest BCUT2D eigenvalue weighted by molar-refractivity contribution is -0.145. The highest BCUT2D eigenvalue weighted by Gasteiger charge is 2.51. The molecule has 0 aromatic heterocycles. The molecule has 22 heavy (non-hydrogen) atoms. The minimum atomic E-state index is -0.221. The molecule has 118 valence electrons. The number of carbonyl (C=O) groups excluding carboxylic acids is 1. The van der Waals surface area contributed by atoms with Gasteiger partial charge in [0.1, 0.15) is 6.10 Å². The third-order valence-electron chi connectivity index (χ3n) is 5.85. The maximum absolute atomic E-state index is 13.0. The summed E-state index contributed by atoms with van der Waals surface area (Å²) in [7, 11) is 0. The molecular weight excluding hydrogens is 274 g/mol. The molecule has 2 aliphatic heterocycles. The lowest BCUT2D eigenvalue weighted by Crippen LogP contribution is -2.48. The van der Waals surface area contributed by atoms with E-state index in [9.17, 15) is 4.79 Å². The summed E-state index contributed by atoms with van der Waals surface area (Å²) >= 11 is 0. The Balaban J connectivity index is 1.58. The first kappa shape index (κ1) is 14.3. The van der Waals surface area contributed by atoms with Crippen LogP contribution in [0.4, 0.5) is 0 Å². The predicted octanol–water partition coefficient (Wildman–Crippen LogP) is 3.12. The summed E-state index contributed by atoms with van der Waals surface area (Å²) < 4.78 is 5.83. The van der Waals surface area contributed by atoms with Gasteiger partial charge in [-0.15, -0.1) is 0 Å². The van der Waals surface area contributed by atoms with Crippen LogP contribution in [0.3, 0.4) is 0 Å². The molecule has 0 bridgehead atoms. The number of hydrogen-bond acceptors (Lipinski definition) is 2. The van der Waals surface area contributed by atoms with Crippen LogP contribution < -0.4 is 0 Å². The molecule has 1 aromatic rings. The van der Waals surface area contributed by atoms with Crippen LogP contribution in [0.15, 0.2) is 24.3 Å². The Morgan fingerprint density at radius 1 is 1.32 bits per heavy atom. The highest BCUT2D eigenvalue weighted by atomic mass is 16.5. The monoisotopic (exact) mass is 299 g/mol. The summed E-state index contributed by atoms with van der Waals surface area (Å²) in [6.07, 6.45) is 3.23. The third kappa shape index (κ3) is 2.18. The van der Waals surface area contributed by atoms with Crippen molar-refractivity contribution < 1.29 is 9.53 Å². The van der Waals surface area contributed by atoms with Crippen LogP contribution in [0.1, 0.15) is 44.2 Å². The molecule has 1 amide bonds. The smallest absolute Gasteiger partial charge is 0.252 e. The molecule has 1 aromatic carbocycles. The van der Waals surface area contributed by atoms with Gasteiger partial charge in [0, 0.05) is 25.1 Å². The van der Waals surface area contributed by atoms with E-state index in [0.29, 0.717) is 11.8 Å². The van der Waals surface area contributed by atoms with Gasteiger partial charge < -0.3 is 9.64 Å². The highest BCUT2D eigenvalue weighted by Crippen LogP contribution is 2.52. The average molecular weight is 299 g/mol. The minimum absolute atomic E-state index is 0.219. The average Bonchev–Trinajstić information content (AvgIpc) is 3.11. The van der Waals surface area contributed by atoms with Crippen LogP contribution >= 0.6 is 0 Å². The first-order valence-electron chi connectivity index (χ1n) is 8.59. The highest BCUT2D eigenvalue weighted by molar-refractivity contribution is 5.82. The quantitative estimate of drug-likeness (QED) is 0.839. The Labute approximate surface area is 132 Å².